The predicted molar refractivity (Wildman–Crippen MR) is 159 cm³/mol. The lowest BCUT2D eigenvalue weighted by Crippen LogP contribution is -2.36. The van der Waals surface area contributed by atoms with Gasteiger partial charge >= 0.3 is 0 Å². The molecule has 0 saturated heterocycles. The van der Waals surface area contributed by atoms with Crippen LogP contribution < -0.4 is 16.0 Å². The van der Waals surface area contributed by atoms with Crippen molar-refractivity contribution in [1.29, 1.82) is 0 Å². The number of unbranched alkanes of at least 4 members (excludes halogenated alkanes) is 1. The first-order valence-corrected chi connectivity index (χ1v) is 13.5. The minimum absolute atomic E-state index is 0.498. The number of halogens is 1. The minimum atomic E-state index is 0.498. The molecule has 3 N–H and O–H groups in total. The third kappa shape index (κ3) is 13.2. The molecule has 1 aromatic carbocycles. The van der Waals surface area contributed by atoms with Crippen LogP contribution in [0.2, 0.25) is 5.02 Å². The van der Waals surface area contributed by atoms with E-state index in [-0.39, 0.29) is 0 Å². The van der Waals surface area contributed by atoms with Crippen molar-refractivity contribution in [3.8, 4) is 0 Å². The lowest BCUT2D eigenvalue weighted by atomic mass is 9.91. The summed E-state index contributed by atoms with van der Waals surface area (Å²) in [6.07, 6.45) is 9.56. The average molecular weight is 493 g/mol. The molecule has 1 rings (SSSR count). The zero-order chi connectivity index (χ0) is 26.5. The van der Waals surface area contributed by atoms with Crippen LogP contribution in [0.4, 0.5) is 11.4 Å². The maximum atomic E-state index is 6.40. The summed E-state index contributed by atoms with van der Waals surface area (Å²) >= 11 is 6.34. The maximum absolute atomic E-state index is 6.40. The lowest BCUT2D eigenvalue weighted by Gasteiger charge is -2.31. The van der Waals surface area contributed by atoms with Crippen LogP contribution in [0.25, 0.3) is 0 Å². The zero-order valence-electron chi connectivity index (χ0n) is 23.6. The van der Waals surface area contributed by atoms with E-state index in [0.717, 1.165) is 51.0 Å². The van der Waals surface area contributed by atoms with Crippen molar-refractivity contribution in [2.24, 2.45) is 4.99 Å². The summed E-state index contributed by atoms with van der Waals surface area (Å²) in [4.78, 5) is 6.55. The van der Waals surface area contributed by atoms with E-state index >= 15 is 0 Å². The molecule has 0 heterocycles. The van der Waals surface area contributed by atoms with E-state index in [1.807, 2.05) is 40.0 Å². The fraction of sp³-hybridized carbons (Fsp3) is 0.621. The van der Waals surface area contributed by atoms with Gasteiger partial charge in [-0.1, -0.05) is 89.4 Å². The van der Waals surface area contributed by atoms with E-state index in [2.05, 4.69) is 68.5 Å². The summed E-state index contributed by atoms with van der Waals surface area (Å²) in [6.45, 7) is 24.9. The highest BCUT2D eigenvalue weighted by Crippen LogP contribution is 2.40. The van der Waals surface area contributed by atoms with Gasteiger partial charge in [-0.25, -0.2) is 0 Å². The molecule has 0 unspecified atom stereocenters. The van der Waals surface area contributed by atoms with Crippen LogP contribution in [-0.2, 0) is 0 Å². The number of anilines is 2. The first kappa shape index (κ1) is 34.4. The fourth-order valence-electron chi connectivity index (χ4n) is 3.45. The van der Waals surface area contributed by atoms with Crippen LogP contribution >= 0.6 is 11.6 Å². The average Bonchev–Trinajstić information content (AvgIpc) is 2.84. The SMILES string of the molecule is C/C=N\CNCN(CCCC)c1c(C(CC)CC)ccc(Cl)c1N.C=C(C)/C(C)=C/CC.CC. The van der Waals surface area contributed by atoms with Crippen LogP contribution in [0.15, 0.2) is 40.9 Å². The van der Waals surface area contributed by atoms with Gasteiger partial charge in [-0.15, -0.1) is 0 Å². The van der Waals surface area contributed by atoms with Crippen LogP contribution in [0.5, 0.6) is 0 Å². The van der Waals surface area contributed by atoms with E-state index in [1.165, 1.54) is 16.7 Å². The Morgan fingerprint density at radius 1 is 1.18 bits per heavy atom. The third-order valence-electron chi connectivity index (χ3n) is 5.59. The van der Waals surface area contributed by atoms with Crippen molar-refractivity contribution in [1.82, 2.24) is 5.32 Å². The normalized spacial score (nSPS) is 11.1. The Labute approximate surface area is 216 Å². The Hall–Kier alpha value is -1.78. The molecule has 34 heavy (non-hydrogen) atoms. The second-order valence-corrected chi connectivity index (χ2v) is 8.52. The molecule has 196 valence electrons. The van der Waals surface area contributed by atoms with Crippen molar-refractivity contribution in [2.45, 2.75) is 100 Å². The molecule has 0 aliphatic heterocycles. The second kappa shape index (κ2) is 21.7. The van der Waals surface area contributed by atoms with Gasteiger partial charge in [-0.05, 0) is 70.2 Å². The molecule has 0 radical (unpaired) electrons. The number of nitrogen functional groups attached to an aromatic ring is 1. The summed E-state index contributed by atoms with van der Waals surface area (Å²) in [7, 11) is 0. The summed E-state index contributed by atoms with van der Waals surface area (Å²) in [5.74, 6) is 0.498. The van der Waals surface area contributed by atoms with Gasteiger partial charge in [-0.3, -0.25) is 10.3 Å². The van der Waals surface area contributed by atoms with Crippen molar-refractivity contribution in [3.63, 3.8) is 0 Å². The largest absolute Gasteiger partial charge is 0.396 e. The van der Waals surface area contributed by atoms with Crippen LogP contribution in [-0.4, -0.2) is 26.1 Å². The van der Waals surface area contributed by atoms with Gasteiger partial charge in [0.05, 0.1) is 29.7 Å². The topological polar surface area (TPSA) is 53.7 Å². The monoisotopic (exact) mass is 492 g/mol. The maximum Gasteiger partial charge on any atom is 0.0893 e. The van der Waals surface area contributed by atoms with Gasteiger partial charge in [0.1, 0.15) is 0 Å². The number of benzene rings is 1. The van der Waals surface area contributed by atoms with Crippen molar-refractivity contribution in [2.75, 3.05) is 30.5 Å². The molecular weight excluding hydrogens is 440 g/mol. The number of aliphatic imine (C=N–C) groups is 1. The summed E-state index contributed by atoms with van der Waals surface area (Å²) < 4.78 is 0. The number of hydrogen-bond donors (Lipinski definition) is 2. The van der Waals surface area contributed by atoms with E-state index in [1.54, 1.807) is 0 Å². The Bertz CT molecular complexity index is 721. The number of nitrogens with one attached hydrogen (secondary N) is 1. The van der Waals surface area contributed by atoms with Gasteiger partial charge in [0, 0.05) is 6.54 Å². The van der Waals surface area contributed by atoms with Crippen molar-refractivity contribution in [3.05, 3.63) is 46.5 Å². The molecule has 0 bridgehead atoms. The summed E-state index contributed by atoms with van der Waals surface area (Å²) in [5.41, 5.74) is 12.0. The highest BCUT2D eigenvalue weighted by Gasteiger charge is 2.20. The zero-order valence-corrected chi connectivity index (χ0v) is 24.4. The van der Waals surface area contributed by atoms with Gasteiger partial charge in [0.2, 0.25) is 0 Å². The van der Waals surface area contributed by atoms with Crippen LogP contribution in [0.3, 0.4) is 0 Å². The van der Waals surface area contributed by atoms with E-state index < -0.39 is 0 Å². The quantitative estimate of drug-likeness (QED) is 0.0948. The van der Waals surface area contributed by atoms with Gasteiger partial charge in [0.15, 0.2) is 0 Å². The van der Waals surface area contributed by atoms with E-state index in [4.69, 9.17) is 17.3 Å². The summed E-state index contributed by atoms with van der Waals surface area (Å²) in [5, 5.41) is 4.00. The lowest BCUT2D eigenvalue weighted by molar-refractivity contribution is 0.613. The number of allylic oxidation sites excluding steroid dienone is 3. The summed E-state index contributed by atoms with van der Waals surface area (Å²) in [6, 6.07) is 4.08. The number of nitrogens with two attached hydrogens (primary N) is 1. The molecule has 0 spiro atoms. The highest BCUT2D eigenvalue weighted by atomic mass is 35.5. The Kier molecular flexibility index (Phi) is 22.0. The van der Waals surface area contributed by atoms with Crippen molar-refractivity contribution < 1.29 is 0 Å². The first-order valence-electron chi connectivity index (χ1n) is 13.1. The molecule has 4 nitrogen and oxygen atoms in total. The Morgan fingerprint density at radius 2 is 1.79 bits per heavy atom. The molecule has 0 fully saturated rings. The fourth-order valence-corrected chi connectivity index (χ4v) is 3.60. The Balaban J connectivity index is 0. The molecule has 1 aromatic rings. The number of hydrogen-bond acceptors (Lipinski definition) is 4. The molecule has 5 heteroatoms. The Morgan fingerprint density at radius 3 is 2.24 bits per heavy atom. The molecular formula is C29H53ClN4. The van der Waals surface area contributed by atoms with Gasteiger partial charge < -0.3 is 10.6 Å². The van der Waals surface area contributed by atoms with Crippen molar-refractivity contribution >= 4 is 29.2 Å². The standard InChI is InChI=1S/C19H33ClN4.C8H14.C2H6/c1-5-9-12-24(14-23-13-22-8-4)19-16(15(6-2)7-3)10-11-17(20)18(19)21;1-5-6-8(4)7(2)3;1-2/h8,10-11,15,23H,5-7,9,12-14,21H2,1-4H3;6H,2,5H2,1,3-4H3;1-2H3/b22-8-;8-6+;. The smallest absolute Gasteiger partial charge is 0.0893 e. The molecule has 0 aliphatic rings. The first-order chi connectivity index (χ1) is 16.3. The van der Waals surface area contributed by atoms with E-state index in [0.29, 0.717) is 23.3 Å². The molecule has 0 aromatic heterocycles. The second-order valence-electron chi connectivity index (χ2n) is 8.11. The van der Waals surface area contributed by atoms with Gasteiger partial charge in [-0.2, -0.15) is 0 Å². The van der Waals surface area contributed by atoms with Crippen LogP contribution in [0.1, 0.15) is 106 Å². The highest BCUT2D eigenvalue weighted by molar-refractivity contribution is 6.33. The molecule has 0 atom stereocenters. The predicted octanol–water partition coefficient (Wildman–Crippen LogP) is 8.97. The third-order valence-corrected chi connectivity index (χ3v) is 5.92. The number of nitrogens with zero attached hydrogens (tertiary/aromatic N) is 2. The molecule has 0 aliphatic carbocycles. The molecule has 0 saturated carbocycles. The van der Waals surface area contributed by atoms with E-state index in [9.17, 15) is 0 Å². The molecule has 0 amide bonds. The minimum Gasteiger partial charge on any atom is -0.396 e. The number of rotatable bonds is 13. The van der Waals surface area contributed by atoms with Gasteiger partial charge in [0.25, 0.3) is 0 Å². The van der Waals surface area contributed by atoms with Crippen LogP contribution in [0, 0.1) is 0 Å².